The standard InChI is InChI=1S/C12H11F3N2O2S/c1-6-10(7(18)5-20-6)11(19)17-9-4-2-3-8(16-9)12(13,14)15/h2-6,10,18H,1H3,(H,16,17,19). The average molecular weight is 304 g/mol. The number of nitrogens with one attached hydrogen (secondary N) is 1. The maximum Gasteiger partial charge on any atom is 0.433 e. The number of carbonyl (C=O) groups excluding carboxylic acids is 1. The fraction of sp³-hybridized carbons (Fsp3) is 0.333. The van der Waals surface area contributed by atoms with Gasteiger partial charge in [0.25, 0.3) is 0 Å². The molecule has 1 amide bonds. The topological polar surface area (TPSA) is 62.2 Å². The summed E-state index contributed by atoms with van der Waals surface area (Å²) in [6.07, 6.45) is -4.57. The van der Waals surface area contributed by atoms with Crippen LogP contribution in [0, 0.1) is 5.92 Å². The average Bonchev–Trinajstić information content (AvgIpc) is 2.68. The highest BCUT2D eigenvalue weighted by molar-refractivity contribution is 8.03. The van der Waals surface area contributed by atoms with Crippen molar-refractivity contribution in [2.24, 2.45) is 5.92 Å². The summed E-state index contributed by atoms with van der Waals surface area (Å²) in [5.74, 6) is -1.65. The molecule has 108 valence electrons. The van der Waals surface area contributed by atoms with Gasteiger partial charge in [-0.25, -0.2) is 4.98 Å². The minimum Gasteiger partial charge on any atom is -0.511 e. The molecule has 0 bridgehead atoms. The van der Waals surface area contributed by atoms with Gasteiger partial charge < -0.3 is 10.4 Å². The first kappa shape index (κ1) is 14.7. The predicted octanol–water partition coefficient (Wildman–Crippen LogP) is 3.19. The van der Waals surface area contributed by atoms with E-state index in [-0.39, 0.29) is 16.8 Å². The molecule has 2 rings (SSSR count). The molecular weight excluding hydrogens is 293 g/mol. The van der Waals surface area contributed by atoms with E-state index >= 15 is 0 Å². The fourth-order valence-corrected chi connectivity index (χ4v) is 2.70. The number of nitrogens with zero attached hydrogens (tertiary/aromatic N) is 1. The zero-order valence-electron chi connectivity index (χ0n) is 10.3. The molecule has 1 aromatic rings. The van der Waals surface area contributed by atoms with E-state index in [0.29, 0.717) is 0 Å². The van der Waals surface area contributed by atoms with Crippen molar-refractivity contribution in [1.29, 1.82) is 0 Å². The van der Waals surface area contributed by atoms with Crippen LogP contribution in [0.4, 0.5) is 19.0 Å². The molecule has 1 aromatic heterocycles. The van der Waals surface area contributed by atoms with Crippen LogP contribution in [0.2, 0.25) is 0 Å². The number of aliphatic hydroxyl groups excluding tert-OH is 1. The van der Waals surface area contributed by atoms with Crippen LogP contribution in [-0.2, 0) is 11.0 Å². The van der Waals surface area contributed by atoms with Crippen LogP contribution in [0.15, 0.2) is 29.4 Å². The van der Waals surface area contributed by atoms with Crippen LogP contribution in [-0.4, -0.2) is 21.2 Å². The number of pyridine rings is 1. The van der Waals surface area contributed by atoms with Crippen molar-refractivity contribution in [3.05, 3.63) is 35.1 Å². The first-order valence-corrected chi connectivity index (χ1v) is 6.63. The Morgan fingerprint density at radius 2 is 2.15 bits per heavy atom. The molecule has 0 radical (unpaired) electrons. The van der Waals surface area contributed by atoms with E-state index in [1.54, 1.807) is 6.92 Å². The lowest BCUT2D eigenvalue weighted by Gasteiger charge is -2.15. The Morgan fingerprint density at radius 1 is 1.45 bits per heavy atom. The maximum absolute atomic E-state index is 12.5. The van der Waals surface area contributed by atoms with Crippen LogP contribution >= 0.6 is 11.8 Å². The number of halogens is 3. The number of hydrogen-bond acceptors (Lipinski definition) is 4. The number of carbonyl (C=O) groups is 1. The Labute approximate surface area is 117 Å². The highest BCUT2D eigenvalue weighted by atomic mass is 32.2. The molecule has 2 unspecified atom stereocenters. The molecule has 0 fully saturated rings. The van der Waals surface area contributed by atoms with E-state index in [2.05, 4.69) is 10.3 Å². The van der Waals surface area contributed by atoms with Crippen molar-refractivity contribution in [1.82, 2.24) is 4.98 Å². The van der Waals surface area contributed by atoms with Crippen molar-refractivity contribution < 1.29 is 23.1 Å². The molecule has 20 heavy (non-hydrogen) atoms. The number of anilines is 1. The smallest absolute Gasteiger partial charge is 0.433 e. The van der Waals surface area contributed by atoms with Gasteiger partial charge in [0, 0.05) is 10.7 Å². The number of aromatic nitrogens is 1. The summed E-state index contributed by atoms with van der Waals surface area (Å²) in [5.41, 5.74) is -1.08. The predicted molar refractivity (Wildman–Crippen MR) is 69.1 cm³/mol. The van der Waals surface area contributed by atoms with Gasteiger partial charge in [0.05, 0.1) is 0 Å². The third kappa shape index (κ3) is 3.06. The Balaban J connectivity index is 2.14. The zero-order chi connectivity index (χ0) is 14.9. The van der Waals surface area contributed by atoms with Gasteiger partial charge in [-0.2, -0.15) is 13.2 Å². The van der Waals surface area contributed by atoms with E-state index in [1.807, 2.05) is 0 Å². The van der Waals surface area contributed by atoms with Gasteiger partial charge in [-0.1, -0.05) is 13.0 Å². The Hall–Kier alpha value is -1.70. The van der Waals surface area contributed by atoms with E-state index in [1.165, 1.54) is 23.2 Å². The van der Waals surface area contributed by atoms with Crippen molar-refractivity contribution in [3.63, 3.8) is 0 Å². The second kappa shape index (κ2) is 5.35. The van der Waals surface area contributed by atoms with Gasteiger partial charge in [0.1, 0.15) is 23.2 Å². The summed E-state index contributed by atoms with van der Waals surface area (Å²) in [7, 11) is 0. The van der Waals surface area contributed by atoms with Gasteiger partial charge in [0.2, 0.25) is 5.91 Å². The van der Waals surface area contributed by atoms with Crippen LogP contribution in [0.3, 0.4) is 0 Å². The number of aliphatic hydroxyl groups is 1. The Morgan fingerprint density at radius 3 is 2.70 bits per heavy atom. The van der Waals surface area contributed by atoms with Gasteiger partial charge in [-0.05, 0) is 12.1 Å². The van der Waals surface area contributed by atoms with Crippen LogP contribution in [0.1, 0.15) is 12.6 Å². The second-order valence-corrected chi connectivity index (χ2v) is 5.51. The molecule has 4 nitrogen and oxygen atoms in total. The number of hydrogen-bond donors (Lipinski definition) is 2. The maximum atomic E-state index is 12.5. The summed E-state index contributed by atoms with van der Waals surface area (Å²) < 4.78 is 37.5. The van der Waals surface area contributed by atoms with Crippen molar-refractivity contribution in [3.8, 4) is 0 Å². The van der Waals surface area contributed by atoms with Crippen molar-refractivity contribution >= 4 is 23.5 Å². The quantitative estimate of drug-likeness (QED) is 0.881. The third-order valence-corrected chi connectivity index (χ3v) is 3.84. The van der Waals surface area contributed by atoms with Gasteiger partial charge >= 0.3 is 6.18 Å². The Bertz CT molecular complexity index is 560. The molecule has 2 N–H and O–H groups in total. The summed E-state index contributed by atoms with van der Waals surface area (Å²) in [4.78, 5) is 15.3. The monoisotopic (exact) mass is 304 g/mol. The zero-order valence-corrected chi connectivity index (χ0v) is 11.1. The molecule has 1 aliphatic rings. The minimum absolute atomic E-state index is 0.0908. The SMILES string of the molecule is CC1SC=C(O)C1C(=O)Nc1cccc(C(F)(F)F)n1. The molecule has 0 saturated carbocycles. The first-order chi connectivity index (χ1) is 9.29. The van der Waals surface area contributed by atoms with Crippen molar-refractivity contribution in [2.45, 2.75) is 18.3 Å². The molecule has 2 heterocycles. The summed E-state index contributed by atoms with van der Waals surface area (Å²) in [5, 5.41) is 13.1. The number of rotatable bonds is 2. The minimum atomic E-state index is -4.57. The molecule has 0 spiro atoms. The van der Waals surface area contributed by atoms with Crippen LogP contribution in [0.25, 0.3) is 0 Å². The molecule has 2 atom stereocenters. The summed E-state index contributed by atoms with van der Waals surface area (Å²) >= 11 is 1.29. The molecule has 1 aliphatic heterocycles. The molecular formula is C12H11F3N2O2S. The lowest BCUT2D eigenvalue weighted by molar-refractivity contribution is -0.141. The lowest BCUT2D eigenvalue weighted by atomic mass is 10.0. The highest BCUT2D eigenvalue weighted by Gasteiger charge is 2.35. The van der Waals surface area contributed by atoms with Gasteiger partial charge in [0.15, 0.2) is 0 Å². The highest BCUT2D eigenvalue weighted by Crippen LogP contribution is 2.35. The van der Waals surface area contributed by atoms with Gasteiger partial charge in [-0.3, -0.25) is 4.79 Å². The van der Waals surface area contributed by atoms with E-state index in [0.717, 1.165) is 12.1 Å². The van der Waals surface area contributed by atoms with Crippen LogP contribution < -0.4 is 5.32 Å². The largest absolute Gasteiger partial charge is 0.511 e. The molecule has 0 aliphatic carbocycles. The molecule has 0 aromatic carbocycles. The summed E-state index contributed by atoms with van der Waals surface area (Å²) in [6, 6.07) is 3.25. The third-order valence-electron chi connectivity index (χ3n) is 2.76. The summed E-state index contributed by atoms with van der Waals surface area (Å²) in [6.45, 7) is 1.74. The second-order valence-electron chi connectivity index (χ2n) is 4.26. The number of alkyl halides is 3. The van der Waals surface area contributed by atoms with E-state index < -0.39 is 23.7 Å². The molecule has 0 saturated heterocycles. The number of thioether (sulfide) groups is 1. The number of amides is 1. The fourth-order valence-electron chi connectivity index (χ4n) is 1.78. The lowest BCUT2D eigenvalue weighted by Crippen LogP contribution is -2.29. The first-order valence-electron chi connectivity index (χ1n) is 5.68. The normalized spacial score (nSPS) is 22.5. The van der Waals surface area contributed by atoms with Gasteiger partial charge in [-0.15, -0.1) is 11.8 Å². The van der Waals surface area contributed by atoms with E-state index in [9.17, 15) is 23.1 Å². The van der Waals surface area contributed by atoms with Crippen molar-refractivity contribution in [2.75, 3.05) is 5.32 Å². The van der Waals surface area contributed by atoms with Crippen LogP contribution in [0.5, 0.6) is 0 Å². The van der Waals surface area contributed by atoms with E-state index in [4.69, 9.17) is 0 Å². The molecule has 8 heteroatoms. The Kier molecular flexibility index (Phi) is 3.94.